The Morgan fingerprint density at radius 1 is 1.36 bits per heavy atom. The molecule has 0 aromatic carbocycles. The van der Waals surface area contributed by atoms with Crippen LogP contribution in [0.15, 0.2) is 12.4 Å². The average Bonchev–Trinajstić information content (AvgIpc) is 2.15. The van der Waals surface area contributed by atoms with Crippen molar-refractivity contribution in [2.75, 3.05) is 11.9 Å². The molecule has 0 atom stereocenters. The van der Waals surface area contributed by atoms with E-state index in [0.717, 1.165) is 18.9 Å². The number of hydrogen-bond donors (Lipinski definition) is 1. The molecule has 78 valence electrons. The van der Waals surface area contributed by atoms with Crippen LogP contribution in [0.2, 0.25) is 5.15 Å². The molecule has 0 radical (unpaired) electrons. The van der Waals surface area contributed by atoms with Crippen molar-refractivity contribution in [3.8, 4) is 0 Å². The predicted molar refractivity (Wildman–Crippen MR) is 59.6 cm³/mol. The Hall–Kier alpha value is -0.830. The normalized spacial score (nSPS) is 10.6. The van der Waals surface area contributed by atoms with Gasteiger partial charge in [0.15, 0.2) is 11.0 Å². The van der Waals surface area contributed by atoms with Crippen LogP contribution in [0.5, 0.6) is 0 Å². The second kappa shape index (κ2) is 5.81. The average molecular weight is 214 g/mol. The summed E-state index contributed by atoms with van der Waals surface area (Å²) in [6.45, 7) is 5.33. The summed E-state index contributed by atoms with van der Waals surface area (Å²) in [6, 6.07) is 0. The second-order valence-corrected chi connectivity index (χ2v) is 4.02. The minimum atomic E-state index is 0.442. The highest BCUT2D eigenvalue weighted by Gasteiger charge is 2.00. The van der Waals surface area contributed by atoms with E-state index >= 15 is 0 Å². The Bertz CT molecular complexity index is 276. The lowest BCUT2D eigenvalue weighted by atomic mass is 10.1. The number of hydrogen-bond acceptors (Lipinski definition) is 3. The number of nitrogens with one attached hydrogen (secondary N) is 1. The summed E-state index contributed by atoms with van der Waals surface area (Å²) in [4.78, 5) is 8.02. The molecule has 0 unspecified atom stereocenters. The summed E-state index contributed by atoms with van der Waals surface area (Å²) >= 11 is 5.83. The largest absolute Gasteiger partial charge is 0.368 e. The summed E-state index contributed by atoms with van der Waals surface area (Å²) in [6.07, 6.45) is 5.56. The van der Waals surface area contributed by atoms with Gasteiger partial charge in [-0.3, -0.25) is 0 Å². The molecular weight excluding hydrogens is 198 g/mol. The van der Waals surface area contributed by atoms with E-state index in [1.807, 2.05) is 0 Å². The van der Waals surface area contributed by atoms with Crippen molar-refractivity contribution in [2.24, 2.45) is 5.92 Å². The zero-order chi connectivity index (χ0) is 10.4. The van der Waals surface area contributed by atoms with E-state index in [1.165, 1.54) is 6.42 Å². The third-order valence-corrected chi connectivity index (χ3v) is 2.18. The lowest BCUT2D eigenvalue weighted by Crippen LogP contribution is -2.05. The molecule has 0 saturated carbocycles. The molecule has 1 rings (SSSR count). The molecule has 1 aromatic rings. The zero-order valence-electron chi connectivity index (χ0n) is 8.63. The van der Waals surface area contributed by atoms with Gasteiger partial charge in [-0.15, -0.1) is 0 Å². The summed E-state index contributed by atoms with van der Waals surface area (Å²) in [5.41, 5.74) is 0. The Morgan fingerprint density at radius 2 is 2.07 bits per heavy atom. The van der Waals surface area contributed by atoms with Gasteiger partial charge in [-0.25, -0.2) is 9.97 Å². The van der Waals surface area contributed by atoms with Crippen molar-refractivity contribution in [1.29, 1.82) is 0 Å². The number of rotatable bonds is 5. The molecule has 1 aromatic heterocycles. The Labute approximate surface area is 89.9 Å². The summed E-state index contributed by atoms with van der Waals surface area (Å²) in [7, 11) is 0. The van der Waals surface area contributed by atoms with Gasteiger partial charge < -0.3 is 5.32 Å². The number of aromatic nitrogens is 2. The van der Waals surface area contributed by atoms with E-state index in [2.05, 4.69) is 29.1 Å². The molecule has 3 nitrogen and oxygen atoms in total. The third kappa shape index (κ3) is 3.92. The molecule has 4 heteroatoms. The number of nitrogens with zero attached hydrogens (tertiary/aromatic N) is 2. The highest BCUT2D eigenvalue weighted by molar-refractivity contribution is 6.31. The topological polar surface area (TPSA) is 37.8 Å². The molecule has 0 bridgehead atoms. The van der Waals surface area contributed by atoms with Crippen molar-refractivity contribution in [3.05, 3.63) is 17.5 Å². The van der Waals surface area contributed by atoms with Gasteiger partial charge in [-0.05, 0) is 18.8 Å². The lowest BCUT2D eigenvalue weighted by molar-refractivity contribution is 0.566. The smallest absolute Gasteiger partial charge is 0.171 e. The van der Waals surface area contributed by atoms with Gasteiger partial charge >= 0.3 is 0 Å². The van der Waals surface area contributed by atoms with Crippen LogP contribution in [0.25, 0.3) is 0 Å². The molecule has 0 amide bonds. The van der Waals surface area contributed by atoms with Crippen molar-refractivity contribution >= 4 is 17.4 Å². The van der Waals surface area contributed by atoms with E-state index in [0.29, 0.717) is 11.0 Å². The molecule has 1 heterocycles. The molecular formula is C10H16ClN3. The maximum Gasteiger partial charge on any atom is 0.171 e. The molecule has 0 saturated heterocycles. The van der Waals surface area contributed by atoms with E-state index in [9.17, 15) is 0 Å². The molecule has 0 fully saturated rings. The first-order valence-electron chi connectivity index (χ1n) is 4.90. The van der Waals surface area contributed by atoms with E-state index in [-0.39, 0.29) is 0 Å². The minimum Gasteiger partial charge on any atom is -0.368 e. The monoisotopic (exact) mass is 213 g/mol. The molecule has 0 aliphatic heterocycles. The van der Waals surface area contributed by atoms with Gasteiger partial charge in [0.25, 0.3) is 0 Å². The van der Waals surface area contributed by atoms with E-state index < -0.39 is 0 Å². The molecule has 0 aliphatic carbocycles. The number of halogens is 1. The van der Waals surface area contributed by atoms with Crippen LogP contribution in [0, 0.1) is 5.92 Å². The highest BCUT2D eigenvalue weighted by atomic mass is 35.5. The quantitative estimate of drug-likeness (QED) is 0.765. The Balaban J connectivity index is 2.28. The first-order valence-corrected chi connectivity index (χ1v) is 5.28. The maximum atomic E-state index is 5.83. The van der Waals surface area contributed by atoms with Crippen LogP contribution < -0.4 is 5.32 Å². The van der Waals surface area contributed by atoms with Gasteiger partial charge in [0.1, 0.15) is 0 Å². The van der Waals surface area contributed by atoms with E-state index in [1.54, 1.807) is 12.4 Å². The SMILES string of the molecule is CC(C)CCCNc1nccnc1Cl. The fourth-order valence-corrected chi connectivity index (χ4v) is 1.33. The summed E-state index contributed by atoms with van der Waals surface area (Å²) < 4.78 is 0. The van der Waals surface area contributed by atoms with Gasteiger partial charge in [0.2, 0.25) is 0 Å². The van der Waals surface area contributed by atoms with Gasteiger partial charge in [-0.2, -0.15) is 0 Å². The third-order valence-electron chi connectivity index (χ3n) is 1.90. The van der Waals surface area contributed by atoms with E-state index in [4.69, 9.17) is 11.6 Å². The van der Waals surface area contributed by atoms with Gasteiger partial charge in [-0.1, -0.05) is 25.4 Å². The fraction of sp³-hybridized carbons (Fsp3) is 0.600. The van der Waals surface area contributed by atoms with Crippen molar-refractivity contribution in [3.63, 3.8) is 0 Å². The first kappa shape index (κ1) is 11.2. The predicted octanol–water partition coefficient (Wildman–Crippen LogP) is 2.98. The van der Waals surface area contributed by atoms with Crippen molar-refractivity contribution in [1.82, 2.24) is 9.97 Å². The first-order chi connectivity index (χ1) is 6.70. The van der Waals surface area contributed by atoms with Crippen LogP contribution >= 0.6 is 11.6 Å². The van der Waals surface area contributed by atoms with Crippen LogP contribution in [0.1, 0.15) is 26.7 Å². The van der Waals surface area contributed by atoms with Crippen LogP contribution in [0.3, 0.4) is 0 Å². The van der Waals surface area contributed by atoms with Gasteiger partial charge in [0.05, 0.1) is 0 Å². The minimum absolute atomic E-state index is 0.442. The Kier molecular flexibility index (Phi) is 4.66. The summed E-state index contributed by atoms with van der Waals surface area (Å²) in [5, 5.41) is 3.60. The van der Waals surface area contributed by atoms with Crippen molar-refractivity contribution < 1.29 is 0 Å². The number of anilines is 1. The van der Waals surface area contributed by atoms with Crippen LogP contribution in [0.4, 0.5) is 5.82 Å². The summed E-state index contributed by atoms with van der Waals surface area (Å²) in [5.74, 6) is 1.42. The molecule has 14 heavy (non-hydrogen) atoms. The maximum absolute atomic E-state index is 5.83. The Morgan fingerprint density at radius 3 is 2.71 bits per heavy atom. The van der Waals surface area contributed by atoms with Crippen LogP contribution in [-0.4, -0.2) is 16.5 Å². The van der Waals surface area contributed by atoms with Crippen LogP contribution in [-0.2, 0) is 0 Å². The standard InChI is InChI=1S/C10H16ClN3/c1-8(2)4-3-5-13-10-9(11)12-6-7-14-10/h6-8H,3-5H2,1-2H3,(H,13,14). The highest BCUT2D eigenvalue weighted by Crippen LogP contribution is 2.14. The molecule has 0 aliphatic rings. The fourth-order valence-electron chi connectivity index (χ4n) is 1.16. The lowest BCUT2D eigenvalue weighted by Gasteiger charge is -2.07. The molecule has 0 spiro atoms. The van der Waals surface area contributed by atoms with Gasteiger partial charge in [0, 0.05) is 18.9 Å². The molecule has 1 N–H and O–H groups in total. The second-order valence-electron chi connectivity index (χ2n) is 3.66. The van der Waals surface area contributed by atoms with Crippen molar-refractivity contribution in [2.45, 2.75) is 26.7 Å². The zero-order valence-corrected chi connectivity index (χ0v) is 9.38.